The molecule has 0 N–H and O–H groups in total. The zero-order chi connectivity index (χ0) is 19.8. The Balaban J connectivity index is 1.37. The third-order valence-corrected chi connectivity index (χ3v) is 5.76. The van der Waals surface area contributed by atoms with Crippen molar-refractivity contribution in [2.45, 2.75) is 44.7 Å². The predicted molar refractivity (Wildman–Crippen MR) is 111 cm³/mol. The molecule has 0 atom stereocenters. The second kappa shape index (κ2) is 7.42. The number of methoxy groups -OCH3 is 1. The third-order valence-electron chi connectivity index (χ3n) is 5.76. The number of aryl methyl sites for hydroxylation is 1. The van der Waals surface area contributed by atoms with Gasteiger partial charge in [0.2, 0.25) is 5.88 Å². The minimum absolute atomic E-state index is 0.464. The first-order valence-electron chi connectivity index (χ1n) is 10.2. The van der Waals surface area contributed by atoms with Crippen molar-refractivity contribution in [3.63, 3.8) is 0 Å². The van der Waals surface area contributed by atoms with Crippen LogP contribution < -0.4 is 14.5 Å². The fourth-order valence-electron chi connectivity index (χ4n) is 4.26. The molecule has 0 spiro atoms. The molecule has 0 radical (unpaired) electrons. The molecule has 4 heterocycles. The second-order valence-electron chi connectivity index (χ2n) is 7.74. The highest BCUT2D eigenvalue weighted by Gasteiger charge is 2.37. The van der Waals surface area contributed by atoms with E-state index in [0.717, 1.165) is 54.4 Å². The Bertz CT molecular complexity index is 1010. The van der Waals surface area contributed by atoms with Crippen LogP contribution in [0.15, 0.2) is 30.7 Å². The maximum Gasteiger partial charge on any atom is 0.218 e. The number of rotatable bonds is 5. The molecule has 3 aromatic heterocycles. The second-order valence-corrected chi connectivity index (χ2v) is 7.74. The van der Waals surface area contributed by atoms with E-state index in [4.69, 9.17) is 9.72 Å². The van der Waals surface area contributed by atoms with Crippen LogP contribution in [0.5, 0.6) is 5.88 Å². The first kappa shape index (κ1) is 18.0. The zero-order valence-corrected chi connectivity index (χ0v) is 16.8. The van der Waals surface area contributed by atoms with E-state index in [1.165, 1.54) is 12.8 Å². The van der Waals surface area contributed by atoms with Gasteiger partial charge in [0, 0.05) is 37.4 Å². The Hall–Kier alpha value is -3.03. The smallest absolute Gasteiger partial charge is 0.218 e. The van der Waals surface area contributed by atoms with Crippen molar-refractivity contribution in [3.05, 3.63) is 36.5 Å². The number of anilines is 2. The summed E-state index contributed by atoms with van der Waals surface area (Å²) < 4.78 is 5.31. The van der Waals surface area contributed by atoms with Crippen LogP contribution >= 0.6 is 0 Å². The van der Waals surface area contributed by atoms with E-state index >= 15 is 0 Å². The highest BCUT2D eigenvalue weighted by Crippen LogP contribution is 2.36. The summed E-state index contributed by atoms with van der Waals surface area (Å²) in [6, 6.07) is 7.02. The largest absolute Gasteiger partial charge is 0.481 e. The van der Waals surface area contributed by atoms with Crippen molar-refractivity contribution in [1.29, 1.82) is 0 Å². The standard InChI is InChI=1S/C21H25N7O/c1-14-25-20-17(4-3-9-22-20)21(26-14)27-10-7-16(8-11-27)28(15-5-6-15)18-12-19(29-2)24-13-23-18/h3-4,9,12-13,15-16H,5-8,10-11H2,1-2H3. The average molecular weight is 391 g/mol. The van der Waals surface area contributed by atoms with Crippen molar-refractivity contribution < 1.29 is 4.74 Å². The lowest BCUT2D eigenvalue weighted by Gasteiger charge is -2.40. The highest BCUT2D eigenvalue weighted by atomic mass is 16.5. The Morgan fingerprint density at radius 2 is 1.83 bits per heavy atom. The molecule has 29 heavy (non-hydrogen) atoms. The highest BCUT2D eigenvalue weighted by molar-refractivity contribution is 5.86. The summed E-state index contributed by atoms with van der Waals surface area (Å²) in [6.45, 7) is 3.84. The fraction of sp³-hybridized carbons (Fsp3) is 0.476. The van der Waals surface area contributed by atoms with Crippen molar-refractivity contribution in [2.24, 2.45) is 0 Å². The SMILES string of the molecule is COc1cc(N(C2CC2)C2CCN(c3nc(C)nc4ncccc34)CC2)ncn1. The molecule has 1 saturated carbocycles. The molecule has 2 aliphatic rings. The Kier molecular flexibility index (Phi) is 4.61. The van der Waals surface area contributed by atoms with Crippen molar-refractivity contribution in [3.8, 4) is 5.88 Å². The van der Waals surface area contributed by atoms with Gasteiger partial charge < -0.3 is 14.5 Å². The first-order valence-corrected chi connectivity index (χ1v) is 10.2. The van der Waals surface area contributed by atoms with Crippen LogP contribution in [-0.4, -0.2) is 57.2 Å². The molecule has 1 aliphatic heterocycles. The normalized spacial score (nSPS) is 17.5. The summed E-state index contributed by atoms with van der Waals surface area (Å²) in [5, 5.41) is 1.02. The minimum atomic E-state index is 0.464. The Labute approximate surface area is 170 Å². The van der Waals surface area contributed by atoms with E-state index in [1.807, 2.05) is 19.1 Å². The molecule has 8 nitrogen and oxygen atoms in total. The molecule has 0 aromatic carbocycles. The molecule has 5 rings (SSSR count). The monoisotopic (exact) mass is 391 g/mol. The fourth-order valence-corrected chi connectivity index (χ4v) is 4.26. The number of hydrogen-bond donors (Lipinski definition) is 0. The summed E-state index contributed by atoms with van der Waals surface area (Å²) in [6.07, 6.45) is 7.97. The Morgan fingerprint density at radius 1 is 1.03 bits per heavy atom. The average Bonchev–Trinajstić information content (AvgIpc) is 3.59. The first-order chi connectivity index (χ1) is 14.2. The zero-order valence-electron chi connectivity index (χ0n) is 16.8. The van der Waals surface area contributed by atoms with E-state index in [9.17, 15) is 0 Å². The minimum Gasteiger partial charge on any atom is -0.481 e. The van der Waals surface area contributed by atoms with Crippen LogP contribution in [0.25, 0.3) is 11.0 Å². The predicted octanol–water partition coefficient (Wildman–Crippen LogP) is 2.77. The molecular weight excluding hydrogens is 366 g/mol. The number of ether oxygens (including phenoxy) is 1. The number of nitrogens with zero attached hydrogens (tertiary/aromatic N) is 7. The van der Waals surface area contributed by atoms with E-state index in [0.29, 0.717) is 18.0 Å². The molecule has 3 aromatic rings. The molecule has 150 valence electrons. The van der Waals surface area contributed by atoms with Crippen LogP contribution in [-0.2, 0) is 0 Å². The maximum absolute atomic E-state index is 5.31. The van der Waals surface area contributed by atoms with Crippen LogP contribution in [0.3, 0.4) is 0 Å². The summed E-state index contributed by atoms with van der Waals surface area (Å²) in [5.74, 6) is 3.36. The van der Waals surface area contributed by atoms with Gasteiger partial charge in [-0.3, -0.25) is 0 Å². The van der Waals surface area contributed by atoms with Gasteiger partial charge in [0.1, 0.15) is 23.8 Å². The van der Waals surface area contributed by atoms with Gasteiger partial charge in [0.05, 0.1) is 12.5 Å². The van der Waals surface area contributed by atoms with E-state index < -0.39 is 0 Å². The van der Waals surface area contributed by atoms with Crippen molar-refractivity contribution in [1.82, 2.24) is 24.9 Å². The Morgan fingerprint density at radius 3 is 2.59 bits per heavy atom. The molecule has 2 fully saturated rings. The van der Waals surface area contributed by atoms with E-state index in [1.54, 1.807) is 19.6 Å². The topological polar surface area (TPSA) is 80.2 Å². The van der Waals surface area contributed by atoms with Gasteiger partial charge in [0.25, 0.3) is 0 Å². The van der Waals surface area contributed by atoms with Gasteiger partial charge in [0.15, 0.2) is 5.65 Å². The summed E-state index contributed by atoms with van der Waals surface area (Å²) >= 11 is 0. The van der Waals surface area contributed by atoms with Crippen molar-refractivity contribution >= 4 is 22.7 Å². The van der Waals surface area contributed by atoms with Crippen LogP contribution in [0, 0.1) is 6.92 Å². The number of piperidine rings is 1. The van der Waals surface area contributed by atoms with Crippen molar-refractivity contribution in [2.75, 3.05) is 30.0 Å². The molecule has 8 heteroatoms. The summed E-state index contributed by atoms with van der Waals surface area (Å²) in [5.41, 5.74) is 0.768. The molecule has 1 saturated heterocycles. The van der Waals surface area contributed by atoms with Gasteiger partial charge in [-0.25, -0.2) is 24.9 Å². The van der Waals surface area contributed by atoms with Crippen LogP contribution in [0.2, 0.25) is 0 Å². The van der Waals surface area contributed by atoms with Crippen LogP contribution in [0.1, 0.15) is 31.5 Å². The number of pyridine rings is 1. The summed E-state index contributed by atoms with van der Waals surface area (Å²) in [7, 11) is 1.65. The van der Waals surface area contributed by atoms with Gasteiger partial charge in [-0.1, -0.05) is 0 Å². The molecule has 0 amide bonds. The lowest BCUT2D eigenvalue weighted by Crippen LogP contribution is -2.46. The van der Waals surface area contributed by atoms with E-state index in [-0.39, 0.29) is 0 Å². The summed E-state index contributed by atoms with van der Waals surface area (Å²) in [4.78, 5) is 27.2. The third kappa shape index (κ3) is 3.54. The number of hydrogen-bond acceptors (Lipinski definition) is 8. The molecule has 1 aliphatic carbocycles. The molecular formula is C21H25N7O. The lowest BCUT2D eigenvalue weighted by atomic mass is 10.0. The van der Waals surface area contributed by atoms with Gasteiger partial charge in [-0.05, 0) is 44.7 Å². The van der Waals surface area contributed by atoms with Gasteiger partial charge in [-0.15, -0.1) is 0 Å². The van der Waals surface area contributed by atoms with E-state index in [2.05, 4.69) is 35.8 Å². The number of aromatic nitrogens is 5. The molecule has 0 unspecified atom stereocenters. The van der Waals surface area contributed by atoms with Gasteiger partial charge >= 0.3 is 0 Å². The van der Waals surface area contributed by atoms with Gasteiger partial charge in [-0.2, -0.15) is 0 Å². The maximum atomic E-state index is 5.31. The molecule has 0 bridgehead atoms. The van der Waals surface area contributed by atoms with Crippen LogP contribution in [0.4, 0.5) is 11.6 Å². The lowest BCUT2D eigenvalue weighted by molar-refractivity contribution is 0.395. The quantitative estimate of drug-likeness (QED) is 0.657. The number of fused-ring (bicyclic) bond motifs is 1.